The van der Waals surface area contributed by atoms with Crippen LogP contribution < -0.4 is 16.6 Å². The van der Waals surface area contributed by atoms with E-state index >= 15 is 0 Å². The van der Waals surface area contributed by atoms with Crippen LogP contribution in [-0.2, 0) is 29.0 Å². The van der Waals surface area contributed by atoms with Gasteiger partial charge in [0.2, 0.25) is 0 Å². The number of carbonyl (C=O) groups excluding carboxylic acids is 2. The summed E-state index contributed by atoms with van der Waals surface area (Å²) in [6.07, 6.45) is 4.66. The number of hydrogen-bond donors (Lipinski definition) is 2. The van der Waals surface area contributed by atoms with E-state index in [1.54, 1.807) is 0 Å². The lowest BCUT2D eigenvalue weighted by molar-refractivity contribution is -0.129. The molecule has 0 amide bonds. The summed E-state index contributed by atoms with van der Waals surface area (Å²) in [6.45, 7) is 0.208. The maximum absolute atomic E-state index is 12.2. The molecule has 0 spiro atoms. The number of ketones is 1. The predicted molar refractivity (Wildman–Crippen MR) is 98.0 cm³/mol. The number of aromatic amines is 1. The van der Waals surface area contributed by atoms with Gasteiger partial charge in [-0.25, -0.2) is 4.79 Å². The van der Waals surface area contributed by atoms with E-state index in [0.717, 1.165) is 29.5 Å². The molecule has 2 aromatic rings. The van der Waals surface area contributed by atoms with Crippen molar-refractivity contribution in [1.82, 2.24) is 9.55 Å². The van der Waals surface area contributed by atoms with Gasteiger partial charge in [0.15, 0.2) is 12.1 Å². The third-order valence-electron chi connectivity index (χ3n) is 4.58. The van der Waals surface area contributed by atoms with E-state index in [9.17, 15) is 19.2 Å². The first-order chi connectivity index (χ1) is 12.6. The number of rotatable bonds is 8. The molecule has 2 N–H and O–H groups in total. The first-order valence-corrected chi connectivity index (χ1v) is 8.78. The summed E-state index contributed by atoms with van der Waals surface area (Å²) in [7, 11) is 0. The minimum atomic E-state index is -0.497. The summed E-state index contributed by atoms with van der Waals surface area (Å²) in [5.74, 6) is -0.120. The van der Waals surface area contributed by atoms with Gasteiger partial charge in [-0.2, -0.15) is 0 Å². The number of aryl methyl sites for hydroxylation is 2. The number of aldehydes is 1. The van der Waals surface area contributed by atoms with Crippen LogP contribution in [0, 0.1) is 0 Å². The number of anilines is 2. The highest BCUT2D eigenvalue weighted by Gasteiger charge is 2.11. The molecule has 0 unspecified atom stereocenters. The fourth-order valence-electron chi connectivity index (χ4n) is 3.23. The highest BCUT2D eigenvalue weighted by Crippen LogP contribution is 2.25. The molecule has 0 aliphatic heterocycles. The zero-order chi connectivity index (χ0) is 18.5. The lowest BCUT2D eigenvalue weighted by Gasteiger charge is -2.10. The molecule has 0 bridgehead atoms. The lowest BCUT2D eigenvalue weighted by atomic mass is 10.1. The minimum Gasteiger partial charge on any atom is -0.342 e. The van der Waals surface area contributed by atoms with Crippen LogP contribution in [0.15, 0.2) is 33.9 Å². The average molecular weight is 355 g/mol. The molecule has 0 radical (unpaired) electrons. The summed E-state index contributed by atoms with van der Waals surface area (Å²) < 4.78 is 1.10. The number of unbranched alkanes of at least 4 members (excludes halogenated alkanes) is 1. The Morgan fingerprint density at radius 2 is 1.96 bits per heavy atom. The second-order valence-electron chi connectivity index (χ2n) is 6.48. The Morgan fingerprint density at radius 3 is 2.73 bits per heavy atom. The topological polar surface area (TPSA) is 101 Å². The van der Waals surface area contributed by atoms with Gasteiger partial charge in [0.25, 0.3) is 5.56 Å². The summed E-state index contributed by atoms with van der Waals surface area (Å²) in [6, 6.07) is 7.42. The van der Waals surface area contributed by atoms with Gasteiger partial charge in [0.1, 0.15) is 5.82 Å². The molecule has 7 nitrogen and oxygen atoms in total. The SMILES string of the molecule is O=CC(=O)CCCCn1c(=O)cc(Nc2ccc3c(c2)CCC3)[nH]c1=O. The van der Waals surface area contributed by atoms with Gasteiger partial charge in [-0.05, 0) is 55.4 Å². The average Bonchev–Trinajstić information content (AvgIpc) is 3.08. The number of nitrogens with one attached hydrogen (secondary N) is 2. The Morgan fingerprint density at radius 1 is 1.15 bits per heavy atom. The number of benzene rings is 1. The summed E-state index contributed by atoms with van der Waals surface area (Å²) >= 11 is 0. The number of H-pyrrole nitrogens is 1. The van der Waals surface area contributed by atoms with Gasteiger partial charge in [0, 0.05) is 24.7 Å². The molecule has 1 aromatic heterocycles. The lowest BCUT2D eigenvalue weighted by Crippen LogP contribution is -2.35. The van der Waals surface area contributed by atoms with Crippen molar-refractivity contribution in [3.05, 3.63) is 56.2 Å². The van der Waals surface area contributed by atoms with E-state index in [1.165, 1.54) is 17.2 Å². The van der Waals surface area contributed by atoms with Crippen LogP contribution in [0.4, 0.5) is 11.5 Å². The van der Waals surface area contributed by atoms with E-state index in [0.29, 0.717) is 24.9 Å². The highest BCUT2D eigenvalue weighted by atomic mass is 16.2. The van der Waals surface area contributed by atoms with E-state index in [-0.39, 0.29) is 13.0 Å². The summed E-state index contributed by atoms with van der Waals surface area (Å²) in [5.41, 5.74) is 2.59. The van der Waals surface area contributed by atoms with Gasteiger partial charge in [-0.1, -0.05) is 6.07 Å². The molecule has 1 aliphatic carbocycles. The van der Waals surface area contributed by atoms with Crippen LogP contribution in [0.5, 0.6) is 0 Å². The van der Waals surface area contributed by atoms with Crippen molar-refractivity contribution in [1.29, 1.82) is 0 Å². The fraction of sp³-hybridized carbons (Fsp3) is 0.368. The van der Waals surface area contributed by atoms with Crippen molar-refractivity contribution in [3.63, 3.8) is 0 Å². The van der Waals surface area contributed by atoms with Crippen molar-refractivity contribution < 1.29 is 9.59 Å². The van der Waals surface area contributed by atoms with E-state index in [4.69, 9.17) is 0 Å². The zero-order valence-electron chi connectivity index (χ0n) is 14.4. The summed E-state index contributed by atoms with van der Waals surface area (Å²) in [4.78, 5) is 48.2. The van der Waals surface area contributed by atoms with Crippen molar-refractivity contribution in [3.8, 4) is 0 Å². The maximum Gasteiger partial charge on any atom is 0.329 e. The number of Topliss-reactive ketones (excluding diaryl/α,β-unsaturated/α-hetero) is 1. The van der Waals surface area contributed by atoms with Crippen molar-refractivity contribution >= 4 is 23.6 Å². The molecule has 26 heavy (non-hydrogen) atoms. The quantitative estimate of drug-likeness (QED) is 0.426. The molecule has 1 heterocycles. The van der Waals surface area contributed by atoms with Gasteiger partial charge in [0.05, 0.1) is 0 Å². The van der Waals surface area contributed by atoms with Crippen LogP contribution in [0.25, 0.3) is 0 Å². The van der Waals surface area contributed by atoms with Crippen LogP contribution in [0.1, 0.15) is 36.8 Å². The van der Waals surface area contributed by atoms with Crippen molar-refractivity contribution in [2.24, 2.45) is 0 Å². The van der Waals surface area contributed by atoms with Crippen LogP contribution >= 0.6 is 0 Å². The molecule has 0 saturated carbocycles. The predicted octanol–water partition coefficient (Wildman–Crippen LogP) is 1.71. The highest BCUT2D eigenvalue weighted by molar-refractivity contribution is 6.24. The molecular formula is C19H21N3O4. The molecule has 1 aromatic carbocycles. The molecule has 0 saturated heterocycles. The minimum absolute atomic E-state index is 0.133. The third-order valence-corrected chi connectivity index (χ3v) is 4.58. The first-order valence-electron chi connectivity index (χ1n) is 8.78. The normalized spacial score (nSPS) is 12.6. The Kier molecular flexibility index (Phi) is 5.46. The smallest absolute Gasteiger partial charge is 0.329 e. The number of hydrogen-bond acceptors (Lipinski definition) is 5. The molecular weight excluding hydrogens is 334 g/mol. The number of fused-ring (bicyclic) bond motifs is 1. The van der Waals surface area contributed by atoms with Crippen molar-refractivity contribution in [2.45, 2.75) is 45.1 Å². The number of nitrogens with zero attached hydrogens (tertiary/aromatic N) is 1. The standard InChI is InChI=1S/C19H21N3O4/c23-12-16(24)6-1-2-9-22-18(25)11-17(21-19(22)26)20-15-8-7-13-4-3-5-14(13)10-15/h7-8,10-12,20H,1-6,9H2,(H,21,26). The zero-order valence-corrected chi connectivity index (χ0v) is 14.4. The Bertz CT molecular complexity index is 911. The molecule has 136 valence electrons. The van der Waals surface area contributed by atoms with Crippen LogP contribution in [0.3, 0.4) is 0 Å². The maximum atomic E-state index is 12.2. The van der Waals surface area contributed by atoms with Gasteiger partial charge in [-0.15, -0.1) is 0 Å². The molecule has 1 aliphatic rings. The molecule has 0 atom stereocenters. The fourth-order valence-corrected chi connectivity index (χ4v) is 3.23. The second kappa shape index (κ2) is 7.95. The van der Waals surface area contributed by atoms with Gasteiger partial charge in [-0.3, -0.25) is 23.9 Å². The Hall–Kier alpha value is -2.96. The largest absolute Gasteiger partial charge is 0.342 e. The second-order valence-corrected chi connectivity index (χ2v) is 6.48. The number of aromatic nitrogens is 2. The monoisotopic (exact) mass is 355 g/mol. The number of carbonyl (C=O) groups is 2. The van der Waals surface area contributed by atoms with E-state index in [2.05, 4.69) is 22.4 Å². The van der Waals surface area contributed by atoms with Crippen LogP contribution in [0.2, 0.25) is 0 Å². The van der Waals surface area contributed by atoms with E-state index in [1.807, 2.05) is 6.07 Å². The third kappa shape index (κ3) is 4.17. The Balaban J connectivity index is 1.67. The molecule has 0 fully saturated rings. The van der Waals surface area contributed by atoms with Gasteiger partial charge >= 0.3 is 5.69 Å². The van der Waals surface area contributed by atoms with Gasteiger partial charge < -0.3 is 5.32 Å². The van der Waals surface area contributed by atoms with Crippen LogP contribution in [-0.4, -0.2) is 21.6 Å². The first kappa shape index (κ1) is 17.8. The van der Waals surface area contributed by atoms with Crippen molar-refractivity contribution in [2.75, 3.05) is 5.32 Å². The molecule has 3 rings (SSSR count). The molecule has 7 heteroatoms. The van der Waals surface area contributed by atoms with E-state index < -0.39 is 17.0 Å². The summed E-state index contributed by atoms with van der Waals surface area (Å²) in [5, 5.41) is 3.08. The Labute approximate surface area is 150 Å².